The van der Waals surface area contributed by atoms with Gasteiger partial charge in [-0.15, -0.1) is 0 Å². The molecule has 3 rings (SSSR count). The molecule has 3 aromatic rings. The molecule has 34 heavy (non-hydrogen) atoms. The Morgan fingerprint density at radius 2 is 1.65 bits per heavy atom. The maximum absolute atomic E-state index is 13.2. The highest BCUT2D eigenvalue weighted by atomic mass is 32.2. The summed E-state index contributed by atoms with van der Waals surface area (Å²) in [5.74, 6) is 1.61. The van der Waals surface area contributed by atoms with Crippen LogP contribution in [0.15, 0.2) is 41.6 Å². The molecule has 0 amide bonds. The van der Waals surface area contributed by atoms with Gasteiger partial charge in [-0.2, -0.15) is 0 Å². The lowest BCUT2D eigenvalue weighted by Crippen LogP contribution is -2.27. The predicted molar refractivity (Wildman–Crippen MR) is 130 cm³/mol. The fourth-order valence-electron chi connectivity index (χ4n) is 3.42. The molecule has 0 atom stereocenters. The van der Waals surface area contributed by atoms with Gasteiger partial charge in [-0.3, -0.25) is 4.72 Å². The summed E-state index contributed by atoms with van der Waals surface area (Å²) in [6.45, 7) is 7.31. The molecule has 1 heterocycles. The molecule has 1 aromatic heterocycles. The number of benzene rings is 2. The first kappa shape index (κ1) is 25.3. The fraction of sp³-hybridized carbons (Fsp3) is 0.391. The van der Waals surface area contributed by atoms with E-state index in [4.69, 9.17) is 18.9 Å². The Morgan fingerprint density at radius 3 is 2.29 bits per heavy atom. The zero-order valence-electron chi connectivity index (χ0n) is 20.0. The zero-order valence-corrected chi connectivity index (χ0v) is 20.8. The highest BCUT2D eigenvalue weighted by Crippen LogP contribution is 2.35. The monoisotopic (exact) mass is 490 g/mol. The predicted octanol–water partition coefficient (Wildman–Crippen LogP) is 3.18. The molecular formula is C23H30N4O6S. The Morgan fingerprint density at radius 1 is 0.912 bits per heavy atom. The summed E-state index contributed by atoms with van der Waals surface area (Å²) in [4.78, 5) is 10.6. The molecule has 0 bridgehead atoms. The quantitative estimate of drug-likeness (QED) is 0.409. The molecule has 0 unspecified atom stereocenters. The van der Waals surface area contributed by atoms with E-state index in [9.17, 15) is 8.42 Å². The van der Waals surface area contributed by atoms with E-state index in [0.717, 1.165) is 19.6 Å². The van der Waals surface area contributed by atoms with Crippen LogP contribution in [-0.4, -0.2) is 70.9 Å². The number of nitrogens with one attached hydrogen (secondary N) is 1. The van der Waals surface area contributed by atoms with E-state index in [2.05, 4.69) is 33.4 Å². The fourth-order valence-corrected chi connectivity index (χ4v) is 4.63. The normalized spacial score (nSPS) is 11.5. The van der Waals surface area contributed by atoms with E-state index >= 15 is 0 Å². The number of sulfonamides is 1. The van der Waals surface area contributed by atoms with Crippen molar-refractivity contribution < 1.29 is 27.4 Å². The smallest absolute Gasteiger partial charge is 0.266 e. The summed E-state index contributed by atoms with van der Waals surface area (Å²) in [6, 6.07) is 7.89. The third-order valence-electron chi connectivity index (χ3n) is 5.37. The van der Waals surface area contributed by atoms with E-state index in [-0.39, 0.29) is 16.5 Å². The number of hydrogen-bond acceptors (Lipinski definition) is 9. The van der Waals surface area contributed by atoms with Gasteiger partial charge in [0.05, 0.1) is 26.8 Å². The molecule has 11 heteroatoms. The molecule has 184 valence electrons. The summed E-state index contributed by atoms with van der Waals surface area (Å²) >= 11 is 0. The zero-order chi connectivity index (χ0) is 24.7. The first-order chi connectivity index (χ1) is 16.4. The van der Waals surface area contributed by atoms with Crippen LogP contribution in [0.3, 0.4) is 0 Å². The number of likely N-dealkylation sites (N-methyl/N-ethyl adjacent to an activating group) is 1. The van der Waals surface area contributed by atoms with E-state index < -0.39 is 10.0 Å². The number of anilines is 1. The minimum absolute atomic E-state index is 0.0792. The molecule has 0 aliphatic rings. The Balaban J connectivity index is 1.95. The van der Waals surface area contributed by atoms with Gasteiger partial charge in [-0.1, -0.05) is 13.8 Å². The van der Waals surface area contributed by atoms with Gasteiger partial charge in [-0.05, 0) is 31.3 Å². The standard InChI is InChI=1S/C23H30N4O6S/c1-6-27(7-2)10-11-33-21-14-18-17(13-20(21)32-5)23(25-15-24-18)26-34(28,29)22-12-16(30-3)8-9-19(22)31-4/h8-9,12-15H,6-7,10-11H2,1-5H3,(H,24,25,26). The van der Waals surface area contributed by atoms with Gasteiger partial charge < -0.3 is 23.8 Å². The van der Waals surface area contributed by atoms with Gasteiger partial charge in [0.2, 0.25) is 0 Å². The van der Waals surface area contributed by atoms with Crippen LogP contribution >= 0.6 is 0 Å². The Hall–Kier alpha value is -3.31. The average molecular weight is 491 g/mol. The van der Waals surface area contributed by atoms with Gasteiger partial charge in [0.15, 0.2) is 17.3 Å². The van der Waals surface area contributed by atoms with Gasteiger partial charge >= 0.3 is 0 Å². The lowest BCUT2D eigenvalue weighted by molar-refractivity contribution is 0.217. The number of methoxy groups -OCH3 is 3. The van der Waals surface area contributed by atoms with Crippen LogP contribution < -0.4 is 23.7 Å². The molecule has 0 spiro atoms. The summed E-state index contributed by atoms with van der Waals surface area (Å²) in [5, 5.41) is 0.459. The largest absolute Gasteiger partial charge is 0.497 e. The summed E-state index contributed by atoms with van der Waals surface area (Å²) in [5.41, 5.74) is 0.504. The Bertz CT molecular complexity index is 1230. The van der Waals surface area contributed by atoms with Crippen molar-refractivity contribution in [3.63, 3.8) is 0 Å². The molecule has 0 aliphatic heterocycles. The van der Waals surface area contributed by atoms with Crippen LogP contribution in [0.4, 0.5) is 5.82 Å². The van der Waals surface area contributed by atoms with Crippen LogP contribution in [0.5, 0.6) is 23.0 Å². The Labute approximate surface area is 199 Å². The second-order valence-electron chi connectivity index (χ2n) is 7.24. The van der Waals surface area contributed by atoms with E-state index in [1.165, 1.54) is 39.8 Å². The van der Waals surface area contributed by atoms with Crippen molar-refractivity contribution in [1.29, 1.82) is 0 Å². The second kappa shape index (κ2) is 11.2. The van der Waals surface area contributed by atoms with Gasteiger partial charge in [0, 0.05) is 24.1 Å². The summed E-state index contributed by atoms with van der Waals surface area (Å²) in [7, 11) is 0.311. The van der Waals surface area contributed by atoms with Crippen LogP contribution in [0.1, 0.15) is 13.8 Å². The molecule has 0 radical (unpaired) electrons. The second-order valence-corrected chi connectivity index (χ2v) is 8.89. The first-order valence-electron chi connectivity index (χ1n) is 10.8. The van der Waals surface area contributed by atoms with Crippen LogP contribution in [0.2, 0.25) is 0 Å². The highest BCUT2D eigenvalue weighted by molar-refractivity contribution is 7.92. The Kier molecular flexibility index (Phi) is 8.35. The van der Waals surface area contributed by atoms with Crippen molar-refractivity contribution >= 4 is 26.7 Å². The molecule has 0 saturated carbocycles. The number of rotatable bonds is 12. The van der Waals surface area contributed by atoms with Crippen LogP contribution in [0.25, 0.3) is 10.9 Å². The molecule has 0 aliphatic carbocycles. The van der Waals surface area contributed by atoms with E-state index in [1.54, 1.807) is 18.2 Å². The van der Waals surface area contributed by atoms with Crippen molar-refractivity contribution in [2.45, 2.75) is 18.7 Å². The molecule has 1 N–H and O–H groups in total. The summed E-state index contributed by atoms with van der Waals surface area (Å²) in [6.07, 6.45) is 1.29. The topological polar surface area (TPSA) is 112 Å². The number of ether oxygens (including phenoxy) is 4. The summed E-state index contributed by atoms with van der Waals surface area (Å²) < 4.78 is 50.8. The molecule has 0 saturated heterocycles. The van der Waals surface area contributed by atoms with Crippen molar-refractivity contribution in [3.05, 3.63) is 36.7 Å². The van der Waals surface area contributed by atoms with Crippen LogP contribution in [-0.2, 0) is 10.0 Å². The maximum atomic E-state index is 13.2. The van der Waals surface area contributed by atoms with Crippen LogP contribution in [0, 0.1) is 0 Å². The van der Waals surface area contributed by atoms with Crippen molar-refractivity contribution in [1.82, 2.24) is 14.9 Å². The third-order valence-corrected chi connectivity index (χ3v) is 6.73. The first-order valence-corrected chi connectivity index (χ1v) is 12.3. The van der Waals surface area contributed by atoms with Gasteiger partial charge in [-0.25, -0.2) is 18.4 Å². The highest BCUT2D eigenvalue weighted by Gasteiger charge is 2.23. The minimum Gasteiger partial charge on any atom is -0.497 e. The molecule has 0 fully saturated rings. The van der Waals surface area contributed by atoms with Crippen molar-refractivity contribution in [3.8, 4) is 23.0 Å². The van der Waals surface area contributed by atoms with E-state index in [1.807, 2.05) is 0 Å². The van der Waals surface area contributed by atoms with Gasteiger partial charge in [0.25, 0.3) is 10.0 Å². The van der Waals surface area contributed by atoms with Crippen molar-refractivity contribution in [2.24, 2.45) is 0 Å². The molecule has 2 aromatic carbocycles. The SMILES string of the molecule is CCN(CC)CCOc1cc2ncnc(NS(=O)(=O)c3cc(OC)ccc3OC)c2cc1OC. The number of fused-ring (bicyclic) bond motifs is 1. The molecular weight excluding hydrogens is 460 g/mol. The number of nitrogens with zero attached hydrogens (tertiary/aromatic N) is 3. The minimum atomic E-state index is -4.06. The lowest BCUT2D eigenvalue weighted by Gasteiger charge is -2.19. The average Bonchev–Trinajstić information content (AvgIpc) is 2.85. The van der Waals surface area contributed by atoms with Crippen molar-refractivity contribution in [2.75, 3.05) is 52.3 Å². The third kappa shape index (κ3) is 5.60. The van der Waals surface area contributed by atoms with Gasteiger partial charge in [0.1, 0.15) is 29.3 Å². The molecule has 10 nitrogen and oxygen atoms in total. The number of hydrogen-bond donors (Lipinski definition) is 1. The van der Waals surface area contributed by atoms with E-state index in [0.29, 0.717) is 34.8 Å². The number of aromatic nitrogens is 2. The maximum Gasteiger partial charge on any atom is 0.266 e. The lowest BCUT2D eigenvalue weighted by atomic mass is 10.2.